The van der Waals surface area contributed by atoms with Gasteiger partial charge in [0.1, 0.15) is 5.01 Å². The summed E-state index contributed by atoms with van der Waals surface area (Å²) in [5, 5.41) is 3.13. The molecule has 1 fully saturated rings. The number of likely N-dealkylation sites (N-methyl/N-ethyl adjacent to an activating group) is 1. The molecule has 2 aromatic carbocycles. The summed E-state index contributed by atoms with van der Waals surface area (Å²) in [6.07, 6.45) is 1.19. The summed E-state index contributed by atoms with van der Waals surface area (Å²) < 4.78 is 0. The Balaban J connectivity index is 1.39. The van der Waals surface area contributed by atoms with E-state index in [4.69, 9.17) is 10.7 Å². The van der Waals surface area contributed by atoms with Crippen molar-refractivity contribution < 1.29 is 4.79 Å². The molecule has 4 rings (SSSR count). The number of primary amides is 1. The van der Waals surface area contributed by atoms with Crippen molar-refractivity contribution in [1.82, 2.24) is 14.8 Å². The van der Waals surface area contributed by atoms with Crippen LogP contribution < -0.4 is 5.73 Å². The molecule has 3 aromatic rings. The van der Waals surface area contributed by atoms with Crippen LogP contribution in [0.4, 0.5) is 0 Å². The van der Waals surface area contributed by atoms with Gasteiger partial charge in [0.25, 0.3) is 0 Å². The Hall–Kier alpha value is -2.54. The van der Waals surface area contributed by atoms with Gasteiger partial charge in [-0.2, -0.15) is 0 Å². The number of carbonyl (C=O) groups is 1. The lowest BCUT2D eigenvalue weighted by Crippen LogP contribution is -2.37. The van der Waals surface area contributed by atoms with Gasteiger partial charge in [0.2, 0.25) is 5.91 Å². The highest BCUT2D eigenvalue weighted by Crippen LogP contribution is 2.29. The minimum Gasteiger partial charge on any atom is -0.366 e. The Morgan fingerprint density at radius 1 is 1.23 bits per heavy atom. The van der Waals surface area contributed by atoms with Crippen molar-refractivity contribution in [2.75, 3.05) is 19.6 Å². The quantitative estimate of drug-likeness (QED) is 0.564. The molecule has 2 heterocycles. The van der Waals surface area contributed by atoms with Gasteiger partial charge in [-0.15, -0.1) is 11.3 Å². The maximum atomic E-state index is 11.3. The maximum Gasteiger partial charge on any atom is 0.248 e. The fourth-order valence-corrected chi connectivity index (χ4v) is 5.17. The number of rotatable bonds is 8. The van der Waals surface area contributed by atoms with Crippen LogP contribution in [-0.2, 0) is 6.54 Å². The summed E-state index contributed by atoms with van der Waals surface area (Å²) in [5.74, 6) is -0.405. The van der Waals surface area contributed by atoms with Gasteiger partial charge in [0, 0.05) is 48.2 Å². The van der Waals surface area contributed by atoms with E-state index in [0.717, 1.165) is 42.4 Å². The van der Waals surface area contributed by atoms with Crippen LogP contribution in [0.1, 0.15) is 47.9 Å². The standard InChI is InChI=1S/C25H30N4OS/c1-3-28(23-13-14-29(16-23)18(2)19-7-5-4-6-8-19)15-22-17-31-25(27-22)21-11-9-20(10-12-21)24(26)30/h4-12,17-18,23H,3,13-16H2,1-2H3,(H2,26,30). The normalized spacial score (nSPS) is 17.8. The second kappa shape index (κ2) is 9.73. The summed E-state index contributed by atoms with van der Waals surface area (Å²) in [7, 11) is 0. The highest BCUT2D eigenvalue weighted by molar-refractivity contribution is 7.13. The predicted molar refractivity (Wildman–Crippen MR) is 127 cm³/mol. The lowest BCUT2D eigenvalue weighted by molar-refractivity contribution is 0.100. The number of aromatic nitrogens is 1. The molecule has 0 radical (unpaired) electrons. The van der Waals surface area contributed by atoms with Crippen LogP contribution in [0.25, 0.3) is 10.6 Å². The van der Waals surface area contributed by atoms with Crippen molar-refractivity contribution in [3.05, 3.63) is 76.8 Å². The number of carbonyl (C=O) groups excluding carboxylic acids is 1. The van der Waals surface area contributed by atoms with E-state index in [1.807, 2.05) is 12.1 Å². The summed E-state index contributed by atoms with van der Waals surface area (Å²) in [5.41, 5.74) is 9.37. The third-order valence-electron chi connectivity index (χ3n) is 6.28. The molecule has 1 saturated heterocycles. The topological polar surface area (TPSA) is 62.5 Å². The minimum absolute atomic E-state index is 0.405. The fraction of sp³-hybridized carbons (Fsp3) is 0.360. The molecule has 1 aliphatic rings. The van der Waals surface area contributed by atoms with Crippen molar-refractivity contribution in [3.8, 4) is 10.6 Å². The van der Waals surface area contributed by atoms with Crippen LogP contribution in [0, 0.1) is 0 Å². The van der Waals surface area contributed by atoms with Gasteiger partial charge in [0.15, 0.2) is 0 Å². The van der Waals surface area contributed by atoms with E-state index in [9.17, 15) is 4.79 Å². The molecule has 6 heteroatoms. The van der Waals surface area contributed by atoms with Crippen LogP contribution in [0.2, 0.25) is 0 Å². The van der Waals surface area contributed by atoms with E-state index in [1.54, 1.807) is 23.5 Å². The molecule has 31 heavy (non-hydrogen) atoms. The molecule has 0 bridgehead atoms. The number of nitrogens with zero attached hydrogens (tertiary/aromatic N) is 3. The van der Waals surface area contributed by atoms with Gasteiger partial charge in [-0.1, -0.05) is 49.4 Å². The number of likely N-dealkylation sites (tertiary alicyclic amines) is 1. The second-order valence-electron chi connectivity index (χ2n) is 8.17. The number of hydrogen-bond donors (Lipinski definition) is 1. The van der Waals surface area contributed by atoms with E-state index in [2.05, 4.69) is 59.4 Å². The Kier molecular flexibility index (Phi) is 6.80. The Labute approximate surface area is 188 Å². The van der Waals surface area contributed by atoms with Gasteiger partial charge >= 0.3 is 0 Å². The van der Waals surface area contributed by atoms with Gasteiger partial charge in [-0.05, 0) is 37.6 Å². The number of hydrogen-bond acceptors (Lipinski definition) is 5. The van der Waals surface area contributed by atoms with E-state index in [-0.39, 0.29) is 0 Å². The maximum absolute atomic E-state index is 11.3. The number of benzene rings is 2. The average Bonchev–Trinajstić information content (AvgIpc) is 3.48. The number of thiazole rings is 1. The second-order valence-corrected chi connectivity index (χ2v) is 9.03. The van der Waals surface area contributed by atoms with Crippen LogP contribution in [-0.4, -0.2) is 46.4 Å². The molecule has 1 aromatic heterocycles. The zero-order valence-electron chi connectivity index (χ0n) is 18.2. The first-order valence-electron chi connectivity index (χ1n) is 10.9. The first-order chi connectivity index (χ1) is 15.0. The molecule has 0 spiro atoms. The summed E-state index contributed by atoms with van der Waals surface area (Å²) in [6, 6.07) is 19.1. The van der Waals surface area contributed by atoms with Crippen LogP contribution in [0.15, 0.2) is 60.0 Å². The average molecular weight is 435 g/mol. The highest BCUT2D eigenvalue weighted by Gasteiger charge is 2.30. The fourth-order valence-electron chi connectivity index (χ4n) is 4.36. The molecule has 5 nitrogen and oxygen atoms in total. The molecular formula is C25H30N4OS. The Morgan fingerprint density at radius 2 is 1.97 bits per heavy atom. The summed E-state index contributed by atoms with van der Waals surface area (Å²) in [4.78, 5) is 21.3. The van der Waals surface area contributed by atoms with E-state index in [1.165, 1.54) is 12.0 Å². The molecule has 0 aliphatic carbocycles. The van der Waals surface area contributed by atoms with Crippen molar-refractivity contribution >= 4 is 17.2 Å². The van der Waals surface area contributed by atoms with Gasteiger partial charge < -0.3 is 5.73 Å². The molecule has 2 N–H and O–H groups in total. The van der Waals surface area contributed by atoms with E-state index in [0.29, 0.717) is 17.6 Å². The lowest BCUT2D eigenvalue weighted by Gasteiger charge is -2.29. The third-order valence-corrected chi connectivity index (χ3v) is 7.22. The van der Waals surface area contributed by atoms with Crippen molar-refractivity contribution in [2.24, 2.45) is 5.73 Å². The summed E-state index contributed by atoms with van der Waals surface area (Å²) >= 11 is 1.65. The first-order valence-corrected chi connectivity index (χ1v) is 11.8. The minimum atomic E-state index is -0.405. The van der Waals surface area contributed by atoms with E-state index < -0.39 is 5.91 Å². The molecule has 2 unspecified atom stereocenters. The zero-order valence-corrected chi connectivity index (χ0v) is 19.0. The molecule has 0 saturated carbocycles. The molecule has 1 amide bonds. The van der Waals surface area contributed by atoms with Crippen LogP contribution in [0.5, 0.6) is 0 Å². The largest absolute Gasteiger partial charge is 0.366 e. The molecule has 2 atom stereocenters. The zero-order chi connectivity index (χ0) is 21.8. The predicted octanol–water partition coefficient (Wildman–Crippen LogP) is 4.57. The van der Waals surface area contributed by atoms with Gasteiger partial charge in [0.05, 0.1) is 5.69 Å². The number of amides is 1. The molecule has 162 valence electrons. The number of nitrogens with two attached hydrogens (primary N) is 1. The Morgan fingerprint density at radius 3 is 2.65 bits per heavy atom. The van der Waals surface area contributed by atoms with Gasteiger partial charge in [-0.25, -0.2) is 4.98 Å². The van der Waals surface area contributed by atoms with E-state index >= 15 is 0 Å². The first kappa shape index (κ1) is 21.7. The van der Waals surface area contributed by atoms with Crippen LogP contribution >= 0.6 is 11.3 Å². The van der Waals surface area contributed by atoms with Gasteiger partial charge in [-0.3, -0.25) is 14.6 Å². The van der Waals surface area contributed by atoms with Crippen molar-refractivity contribution in [1.29, 1.82) is 0 Å². The monoisotopic (exact) mass is 434 g/mol. The lowest BCUT2D eigenvalue weighted by atomic mass is 10.1. The van der Waals surface area contributed by atoms with Crippen molar-refractivity contribution in [3.63, 3.8) is 0 Å². The third kappa shape index (κ3) is 5.03. The highest BCUT2D eigenvalue weighted by atomic mass is 32.1. The molecule has 1 aliphatic heterocycles. The molecular weight excluding hydrogens is 404 g/mol. The van der Waals surface area contributed by atoms with Crippen LogP contribution in [0.3, 0.4) is 0 Å². The SMILES string of the molecule is CCN(Cc1csc(-c2ccc(C(N)=O)cc2)n1)C1CCN(C(C)c2ccccc2)C1. The summed E-state index contributed by atoms with van der Waals surface area (Å²) in [6.45, 7) is 8.65. The Bertz CT molecular complexity index is 1000. The smallest absolute Gasteiger partial charge is 0.248 e. The van der Waals surface area contributed by atoms with Crippen molar-refractivity contribution in [2.45, 2.75) is 38.9 Å².